The van der Waals surface area contributed by atoms with Gasteiger partial charge >= 0.3 is 0 Å². The fourth-order valence-corrected chi connectivity index (χ4v) is 2.83. The van der Waals surface area contributed by atoms with Gasteiger partial charge in [-0.25, -0.2) is 0 Å². The van der Waals surface area contributed by atoms with Gasteiger partial charge in [0.25, 0.3) is 0 Å². The summed E-state index contributed by atoms with van der Waals surface area (Å²) in [5.41, 5.74) is 1.10. The molecule has 2 saturated heterocycles. The zero-order chi connectivity index (χ0) is 13.1. The van der Waals surface area contributed by atoms with Crippen molar-refractivity contribution in [2.24, 2.45) is 5.92 Å². The number of nitrogens with zero attached hydrogens (tertiary/aromatic N) is 2. The molecular weight excluding hydrogens is 240 g/mol. The van der Waals surface area contributed by atoms with Crippen LogP contribution < -0.4 is 0 Å². The van der Waals surface area contributed by atoms with Gasteiger partial charge in [-0.3, -0.25) is 9.78 Å². The van der Waals surface area contributed by atoms with E-state index in [9.17, 15) is 4.79 Å². The van der Waals surface area contributed by atoms with Crippen LogP contribution in [-0.2, 0) is 9.53 Å². The Balaban J connectivity index is 1.46. The van der Waals surface area contributed by atoms with Gasteiger partial charge < -0.3 is 9.64 Å². The number of likely N-dealkylation sites (tertiary alicyclic amines) is 1. The normalized spacial score (nSPS) is 24.0. The second kappa shape index (κ2) is 5.70. The third-order valence-corrected chi connectivity index (χ3v) is 4.06. The fourth-order valence-electron chi connectivity index (χ4n) is 2.83. The molecule has 0 aliphatic carbocycles. The van der Waals surface area contributed by atoms with E-state index in [0.29, 0.717) is 18.3 Å². The maximum Gasteiger partial charge on any atom is 0.222 e. The molecule has 19 heavy (non-hydrogen) atoms. The van der Waals surface area contributed by atoms with Crippen LogP contribution >= 0.6 is 0 Å². The monoisotopic (exact) mass is 260 g/mol. The first-order valence-corrected chi connectivity index (χ1v) is 7.09. The fraction of sp³-hybridized carbons (Fsp3) is 0.600. The second-order valence-corrected chi connectivity index (χ2v) is 5.54. The molecule has 3 rings (SSSR count). The summed E-state index contributed by atoms with van der Waals surface area (Å²) in [6.45, 7) is 3.26. The smallest absolute Gasteiger partial charge is 0.222 e. The van der Waals surface area contributed by atoms with E-state index >= 15 is 0 Å². The lowest BCUT2D eigenvalue weighted by molar-refractivity contribution is -0.137. The highest BCUT2D eigenvalue weighted by molar-refractivity contribution is 5.77. The van der Waals surface area contributed by atoms with Crippen molar-refractivity contribution < 1.29 is 9.53 Å². The summed E-state index contributed by atoms with van der Waals surface area (Å²) in [6.07, 6.45) is 4.69. The Morgan fingerprint density at radius 2 is 2.32 bits per heavy atom. The highest BCUT2D eigenvalue weighted by atomic mass is 16.5. The SMILES string of the molecule is O=C(CC1CCCOC1)N1CC(c2ccccn2)C1. The summed E-state index contributed by atoms with van der Waals surface area (Å²) in [5, 5.41) is 0. The van der Waals surface area contributed by atoms with Crippen molar-refractivity contribution in [3.05, 3.63) is 30.1 Å². The lowest BCUT2D eigenvalue weighted by atomic mass is 9.92. The van der Waals surface area contributed by atoms with Crippen molar-refractivity contribution in [2.75, 3.05) is 26.3 Å². The van der Waals surface area contributed by atoms with Gasteiger partial charge in [-0.15, -0.1) is 0 Å². The number of hydrogen-bond acceptors (Lipinski definition) is 3. The van der Waals surface area contributed by atoms with Crippen LogP contribution in [0.2, 0.25) is 0 Å². The number of amides is 1. The lowest BCUT2D eigenvalue weighted by Gasteiger charge is -2.39. The van der Waals surface area contributed by atoms with Crippen LogP contribution in [0.1, 0.15) is 30.9 Å². The topological polar surface area (TPSA) is 42.4 Å². The Bertz CT molecular complexity index is 423. The van der Waals surface area contributed by atoms with E-state index < -0.39 is 0 Å². The van der Waals surface area contributed by atoms with Crippen molar-refractivity contribution in [1.29, 1.82) is 0 Å². The highest BCUT2D eigenvalue weighted by Gasteiger charge is 2.33. The van der Waals surface area contributed by atoms with Gasteiger partial charge in [-0.05, 0) is 30.9 Å². The molecule has 0 spiro atoms. The van der Waals surface area contributed by atoms with Gasteiger partial charge in [0.1, 0.15) is 0 Å². The summed E-state index contributed by atoms with van der Waals surface area (Å²) in [7, 11) is 0. The van der Waals surface area contributed by atoms with Crippen LogP contribution in [0.4, 0.5) is 0 Å². The Labute approximate surface area is 113 Å². The summed E-state index contributed by atoms with van der Waals surface area (Å²) in [4.78, 5) is 18.4. The predicted octanol–water partition coefficient (Wildman–Crippen LogP) is 1.82. The highest BCUT2D eigenvalue weighted by Crippen LogP contribution is 2.27. The van der Waals surface area contributed by atoms with E-state index in [-0.39, 0.29) is 5.91 Å². The van der Waals surface area contributed by atoms with Crippen molar-refractivity contribution in [3.63, 3.8) is 0 Å². The van der Waals surface area contributed by atoms with Crippen molar-refractivity contribution in [1.82, 2.24) is 9.88 Å². The molecule has 0 bridgehead atoms. The Hall–Kier alpha value is -1.42. The van der Waals surface area contributed by atoms with Gasteiger partial charge in [0.15, 0.2) is 0 Å². The standard InChI is InChI=1S/C15H20N2O2/c18-15(8-12-4-3-7-19-11-12)17-9-13(10-17)14-5-1-2-6-16-14/h1-2,5-6,12-13H,3-4,7-11H2. The first kappa shape index (κ1) is 12.6. The summed E-state index contributed by atoms with van der Waals surface area (Å²) < 4.78 is 5.42. The third-order valence-electron chi connectivity index (χ3n) is 4.06. The average Bonchev–Trinajstić information content (AvgIpc) is 2.39. The van der Waals surface area contributed by atoms with Crippen LogP contribution in [0.5, 0.6) is 0 Å². The Morgan fingerprint density at radius 1 is 1.42 bits per heavy atom. The molecule has 4 nitrogen and oxygen atoms in total. The maximum atomic E-state index is 12.1. The van der Waals surface area contributed by atoms with Crippen LogP contribution in [0.25, 0.3) is 0 Å². The minimum atomic E-state index is 0.280. The molecule has 2 fully saturated rings. The molecule has 1 aromatic rings. The van der Waals surface area contributed by atoms with Gasteiger partial charge in [-0.2, -0.15) is 0 Å². The van der Waals surface area contributed by atoms with Crippen LogP contribution in [0.15, 0.2) is 24.4 Å². The minimum absolute atomic E-state index is 0.280. The van der Waals surface area contributed by atoms with E-state index in [4.69, 9.17) is 4.74 Å². The molecule has 1 aromatic heterocycles. The van der Waals surface area contributed by atoms with Gasteiger partial charge in [0.05, 0.1) is 0 Å². The van der Waals surface area contributed by atoms with Crippen LogP contribution in [-0.4, -0.2) is 42.1 Å². The molecule has 1 atom stereocenters. The van der Waals surface area contributed by atoms with Crippen LogP contribution in [0, 0.1) is 5.92 Å². The van der Waals surface area contributed by atoms with E-state index in [2.05, 4.69) is 4.98 Å². The van der Waals surface area contributed by atoms with E-state index in [1.807, 2.05) is 29.3 Å². The lowest BCUT2D eigenvalue weighted by Crippen LogP contribution is -2.49. The molecular formula is C15H20N2O2. The number of carbonyl (C=O) groups excluding carboxylic acids is 1. The molecule has 2 aliphatic heterocycles. The second-order valence-electron chi connectivity index (χ2n) is 5.54. The zero-order valence-corrected chi connectivity index (χ0v) is 11.1. The predicted molar refractivity (Wildman–Crippen MR) is 71.7 cm³/mol. The number of ether oxygens (including phenoxy) is 1. The van der Waals surface area contributed by atoms with Gasteiger partial charge in [0, 0.05) is 50.5 Å². The molecule has 3 heterocycles. The number of rotatable bonds is 3. The van der Waals surface area contributed by atoms with Crippen molar-refractivity contribution in [3.8, 4) is 0 Å². The van der Waals surface area contributed by atoms with Crippen molar-refractivity contribution in [2.45, 2.75) is 25.2 Å². The quantitative estimate of drug-likeness (QED) is 0.832. The molecule has 102 valence electrons. The average molecular weight is 260 g/mol. The number of aromatic nitrogens is 1. The van der Waals surface area contributed by atoms with Crippen LogP contribution in [0.3, 0.4) is 0 Å². The molecule has 4 heteroatoms. The molecule has 0 radical (unpaired) electrons. The first-order valence-electron chi connectivity index (χ1n) is 7.09. The number of carbonyl (C=O) groups is 1. The molecule has 1 amide bonds. The van der Waals surface area contributed by atoms with Crippen molar-refractivity contribution >= 4 is 5.91 Å². The molecule has 1 unspecified atom stereocenters. The first-order chi connectivity index (χ1) is 9.33. The summed E-state index contributed by atoms with van der Waals surface area (Å²) >= 11 is 0. The van der Waals surface area contributed by atoms with Gasteiger partial charge in [0.2, 0.25) is 5.91 Å². The largest absolute Gasteiger partial charge is 0.381 e. The molecule has 0 aromatic carbocycles. The Morgan fingerprint density at radius 3 is 3.00 bits per heavy atom. The molecule has 2 aliphatic rings. The Kier molecular flexibility index (Phi) is 3.78. The zero-order valence-electron chi connectivity index (χ0n) is 11.1. The van der Waals surface area contributed by atoms with E-state index in [1.54, 1.807) is 0 Å². The van der Waals surface area contributed by atoms with Gasteiger partial charge in [-0.1, -0.05) is 6.07 Å². The minimum Gasteiger partial charge on any atom is -0.381 e. The third kappa shape index (κ3) is 2.95. The summed E-state index contributed by atoms with van der Waals surface area (Å²) in [5.74, 6) is 1.13. The maximum absolute atomic E-state index is 12.1. The van der Waals surface area contributed by atoms with E-state index in [1.165, 1.54) is 0 Å². The molecule has 0 N–H and O–H groups in total. The number of pyridine rings is 1. The summed E-state index contributed by atoms with van der Waals surface area (Å²) in [6, 6.07) is 5.97. The molecule has 0 saturated carbocycles. The number of hydrogen-bond donors (Lipinski definition) is 0. The van der Waals surface area contributed by atoms with E-state index in [0.717, 1.165) is 44.8 Å².